The highest BCUT2D eigenvalue weighted by molar-refractivity contribution is 4.89. The van der Waals surface area contributed by atoms with E-state index in [4.69, 9.17) is 24.2 Å². The third-order valence-corrected chi connectivity index (χ3v) is 3.86. The van der Waals surface area contributed by atoms with Crippen molar-refractivity contribution < 1.29 is 18.9 Å². The van der Waals surface area contributed by atoms with Gasteiger partial charge in [0.1, 0.15) is 6.10 Å². The highest BCUT2D eigenvalue weighted by atomic mass is 16.7. The van der Waals surface area contributed by atoms with Crippen molar-refractivity contribution in [3.63, 3.8) is 0 Å². The van der Waals surface area contributed by atoms with Gasteiger partial charge in [0.25, 0.3) is 0 Å². The minimum Gasteiger partial charge on any atom is -0.370 e. The van der Waals surface area contributed by atoms with Gasteiger partial charge >= 0.3 is 0 Å². The van der Waals surface area contributed by atoms with Crippen LogP contribution in [0.3, 0.4) is 0 Å². The summed E-state index contributed by atoms with van der Waals surface area (Å²) in [6, 6.07) is 2.26. The molecular weight excluding hydrogens is 246 g/mol. The second kappa shape index (κ2) is 6.67. The highest BCUT2D eigenvalue weighted by Gasteiger charge is 2.40. The van der Waals surface area contributed by atoms with Gasteiger partial charge in [-0.2, -0.15) is 5.26 Å². The van der Waals surface area contributed by atoms with Crippen molar-refractivity contribution in [1.82, 2.24) is 0 Å². The standard InChI is InChI=1S/C14H23NO4/c1-9(7-15)6-11-4-5-12-14(19-11)10(2)18-13(16-3)8-17-12/h9-14H,4-6,8H2,1-3H3/t9?,10?,11-,12+,13-,14-/m1/s1. The maximum Gasteiger partial charge on any atom is 0.180 e. The van der Waals surface area contributed by atoms with Gasteiger partial charge in [-0.3, -0.25) is 0 Å². The van der Waals surface area contributed by atoms with Crippen LogP contribution in [0.25, 0.3) is 0 Å². The van der Waals surface area contributed by atoms with Gasteiger partial charge in [0.2, 0.25) is 0 Å². The van der Waals surface area contributed by atoms with Gasteiger partial charge in [0, 0.05) is 13.0 Å². The molecule has 0 aliphatic carbocycles. The number of rotatable bonds is 3. The van der Waals surface area contributed by atoms with E-state index in [2.05, 4.69) is 6.07 Å². The Labute approximate surface area is 114 Å². The fourth-order valence-electron chi connectivity index (χ4n) is 2.79. The summed E-state index contributed by atoms with van der Waals surface area (Å²) in [5.41, 5.74) is 0. The molecule has 5 heteroatoms. The summed E-state index contributed by atoms with van der Waals surface area (Å²) < 4.78 is 22.9. The summed E-state index contributed by atoms with van der Waals surface area (Å²) in [5.74, 6) is 0.0243. The Morgan fingerprint density at radius 2 is 2.16 bits per heavy atom. The molecule has 2 rings (SSSR count). The predicted octanol–water partition coefficient (Wildman–Crippen LogP) is 1.86. The first kappa shape index (κ1) is 14.7. The van der Waals surface area contributed by atoms with Gasteiger partial charge in [0.05, 0.1) is 31.0 Å². The summed E-state index contributed by atoms with van der Waals surface area (Å²) in [4.78, 5) is 0. The molecule has 2 saturated heterocycles. The topological polar surface area (TPSA) is 60.7 Å². The monoisotopic (exact) mass is 269 g/mol. The number of ether oxygens (including phenoxy) is 4. The molecule has 2 aliphatic rings. The molecule has 6 atom stereocenters. The maximum absolute atomic E-state index is 8.89. The molecule has 0 spiro atoms. The van der Waals surface area contributed by atoms with Gasteiger partial charge in [-0.1, -0.05) is 0 Å². The Kier molecular flexibility index (Phi) is 5.17. The Morgan fingerprint density at radius 3 is 2.84 bits per heavy atom. The van der Waals surface area contributed by atoms with Crippen LogP contribution in [0.4, 0.5) is 0 Å². The van der Waals surface area contributed by atoms with Crippen molar-refractivity contribution >= 4 is 0 Å². The number of hydrogen-bond acceptors (Lipinski definition) is 5. The van der Waals surface area contributed by atoms with Crippen LogP contribution in [0.5, 0.6) is 0 Å². The number of fused-ring (bicyclic) bond motifs is 1. The predicted molar refractivity (Wildman–Crippen MR) is 68.4 cm³/mol. The largest absolute Gasteiger partial charge is 0.370 e. The fourth-order valence-corrected chi connectivity index (χ4v) is 2.79. The van der Waals surface area contributed by atoms with Crippen LogP contribution in [0, 0.1) is 17.2 Å². The Morgan fingerprint density at radius 1 is 1.37 bits per heavy atom. The summed E-state index contributed by atoms with van der Waals surface area (Å²) >= 11 is 0. The number of methoxy groups -OCH3 is 1. The summed E-state index contributed by atoms with van der Waals surface area (Å²) in [7, 11) is 1.62. The molecule has 0 bridgehead atoms. The molecular formula is C14H23NO4. The van der Waals surface area contributed by atoms with E-state index in [1.807, 2.05) is 13.8 Å². The Hall–Kier alpha value is -0.670. The first-order valence-corrected chi connectivity index (χ1v) is 6.99. The molecule has 2 aliphatic heterocycles. The van der Waals surface area contributed by atoms with Crippen LogP contribution in [0.1, 0.15) is 33.1 Å². The molecule has 19 heavy (non-hydrogen) atoms. The SMILES string of the molecule is CO[C@H]1CO[C@H]2CC[C@H](CC(C)C#N)O[C@@H]2C(C)O1. The van der Waals surface area contributed by atoms with Crippen LogP contribution in [-0.2, 0) is 18.9 Å². The third-order valence-electron chi connectivity index (χ3n) is 3.86. The first-order valence-electron chi connectivity index (χ1n) is 6.99. The van der Waals surface area contributed by atoms with Crippen molar-refractivity contribution in [1.29, 1.82) is 5.26 Å². The van der Waals surface area contributed by atoms with E-state index < -0.39 is 0 Å². The van der Waals surface area contributed by atoms with Crippen molar-refractivity contribution in [2.45, 2.75) is 63.8 Å². The molecule has 0 radical (unpaired) electrons. The lowest BCUT2D eigenvalue weighted by Gasteiger charge is -2.37. The van der Waals surface area contributed by atoms with E-state index in [1.165, 1.54) is 0 Å². The zero-order valence-corrected chi connectivity index (χ0v) is 11.9. The van der Waals surface area contributed by atoms with Gasteiger partial charge < -0.3 is 18.9 Å². The molecule has 5 nitrogen and oxygen atoms in total. The second-order valence-electron chi connectivity index (χ2n) is 5.44. The van der Waals surface area contributed by atoms with Gasteiger partial charge in [0.15, 0.2) is 6.29 Å². The van der Waals surface area contributed by atoms with Crippen LogP contribution in [0.15, 0.2) is 0 Å². The maximum atomic E-state index is 8.89. The van der Waals surface area contributed by atoms with Crippen LogP contribution in [0.2, 0.25) is 0 Å². The molecule has 0 aromatic rings. The number of nitrogens with zero attached hydrogens (tertiary/aromatic N) is 1. The van der Waals surface area contributed by atoms with Crippen molar-refractivity contribution in [2.75, 3.05) is 13.7 Å². The lowest BCUT2D eigenvalue weighted by molar-refractivity contribution is -0.184. The molecule has 0 N–H and O–H groups in total. The normalized spacial score (nSPS) is 40.8. The van der Waals surface area contributed by atoms with E-state index in [0.717, 1.165) is 19.3 Å². The smallest absolute Gasteiger partial charge is 0.180 e. The fraction of sp³-hybridized carbons (Fsp3) is 0.929. The van der Waals surface area contributed by atoms with Gasteiger partial charge in [-0.15, -0.1) is 0 Å². The molecule has 0 saturated carbocycles. The molecule has 2 heterocycles. The minimum atomic E-state index is -0.319. The molecule has 108 valence electrons. The van der Waals surface area contributed by atoms with E-state index in [0.29, 0.717) is 6.61 Å². The van der Waals surface area contributed by atoms with E-state index in [1.54, 1.807) is 7.11 Å². The average molecular weight is 269 g/mol. The molecule has 2 fully saturated rings. The van der Waals surface area contributed by atoms with Crippen molar-refractivity contribution in [3.8, 4) is 6.07 Å². The number of hydrogen-bond donors (Lipinski definition) is 0. The second-order valence-corrected chi connectivity index (χ2v) is 5.44. The molecule has 0 amide bonds. The lowest BCUT2D eigenvalue weighted by Crippen LogP contribution is -2.46. The first-order chi connectivity index (χ1) is 9.13. The van der Waals surface area contributed by atoms with Crippen molar-refractivity contribution in [2.24, 2.45) is 5.92 Å². The van der Waals surface area contributed by atoms with Gasteiger partial charge in [-0.05, 0) is 33.1 Å². The van der Waals surface area contributed by atoms with E-state index in [-0.39, 0.29) is 36.6 Å². The van der Waals surface area contributed by atoms with Gasteiger partial charge in [-0.25, -0.2) is 0 Å². The van der Waals surface area contributed by atoms with Crippen LogP contribution >= 0.6 is 0 Å². The minimum absolute atomic E-state index is 0.0243. The zero-order chi connectivity index (χ0) is 13.8. The highest BCUT2D eigenvalue weighted by Crippen LogP contribution is 2.31. The van der Waals surface area contributed by atoms with Crippen molar-refractivity contribution in [3.05, 3.63) is 0 Å². The zero-order valence-electron chi connectivity index (χ0n) is 11.9. The van der Waals surface area contributed by atoms with E-state index in [9.17, 15) is 0 Å². The quantitative estimate of drug-likeness (QED) is 0.782. The number of nitriles is 1. The van der Waals surface area contributed by atoms with Crippen LogP contribution < -0.4 is 0 Å². The Balaban J connectivity index is 1.95. The molecule has 0 aromatic carbocycles. The molecule has 2 unspecified atom stereocenters. The average Bonchev–Trinajstić information content (AvgIpc) is 2.58. The van der Waals surface area contributed by atoms with E-state index >= 15 is 0 Å². The summed E-state index contributed by atoms with van der Waals surface area (Å²) in [6.45, 7) is 4.37. The lowest BCUT2D eigenvalue weighted by atomic mass is 9.93. The molecule has 0 aromatic heterocycles. The summed E-state index contributed by atoms with van der Waals surface area (Å²) in [6.07, 6.45) is 2.44. The van der Waals surface area contributed by atoms with Crippen LogP contribution in [-0.4, -0.2) is 44.4 Å². The third kappa shape index (κ3) is 3.67. The summed E-state index contributed by atoms with van der Waals surface area (Å²) in [5, 5.41) is 8.89. The Bertz CT molecular complexity index is 330.